The van der Waals surface area contributed by atoms with Crippen molar-refractivity contribution in [1.82, 2.24) is 20.2 Å². The molecule has 0 amide bonds. The fourth-order valence-electron chi connectivity index (χ4n) is 3.40. The van der Waals surface area contributed by atoms with Gasteiger partial charge in [0.05, 0.1) is 18.8 Å². The van der Waals surface area contributed by atoms with Gasteiger partial charge < -0.3 is 14.4 Å². The molecular formula is C16H29N5O2. The van der Waals surface area contributed by atoms with E-state index in [9.17, 15) is 0 Å². The molecule has 0 N–H and O–H groups in total. The van der Waals surface area contributed by atoms with Crippen LogP contribution in [0.25, 0.3) is 0 Å². The second-order valence-corrected chi connectivity index (χ2v) is 6.99. The number of nitrogens with zero attached hydrogens (tertiary/aromatic N) is 5. The Labute approximate surface area is 138 Å². The van der Waals surface area contributed by atoms with Crippen molar-refractivity contribution < 1.29 is 9.47 Å². The van der Waals surface area contributed by atoms with Gasteiger partial charge in [0.1, 0.15) is 0 Å². The first-order valence-corrected chi connectivity index (χ1v) is 8.85. The van der Waals surface area contributed by atoms with E-state index in [4.69, 9.17) is 9.47 Å². The van der Waals surface area contributed by atoms with E-state index >= 15 is 0 Å². The van der Waals surface area contributed by atoms with Crippen molar-refractivity contribution in [3.05, 3.63) is 0 Å². The van der Waals surface area contributed by atoms with E-state index in [0.717, 1.165) is 51.5 Å². The van der Waals surface area contributed by atoms with E-state index in [-0.39, 0.29) is 12.2 Å². The highest BCUT2D eigenvalue weighted by atomic mass is 16.5. The molecule has 1 aliphatic carbocycles. The van der Waals surface area contributed by atoms with Gasteiger partial charge >= 0.3 is 0 Å². The summed E-state index contributed by atoms with van der Waals surface area (Å²) in [6.07, 6.45) is 6.16. The van der Waals surface area contributed by atoms with Crippen LogP contribution in [0.2, 0.25) is 0 Å². The zero-order valence-electron chi connectivity index (χ0n) is 14.6. The van der Waals surface area contributed by atoms with Gasteiger partial charge in [0.25, 0.3) is 0 Å². The lowest BCUT2D eigenvalue weighted by Gasteiger charge is -2.37. The Morgan fingerprint density at radius 3 is 2.48 bits per heavy atom. The summed E-state index contributed by atoms with van der Waals surface area (Å²) >= 11 is 0. The SMILES string of the molecule is CCC1CN(c2nnnn2CCC2(COC)CC2)CC(CC)O1. The molecule has 23 heavy (non-hydrogen) atoms. The molecule has 2 aliphatic rings. The van der Waals surface area contributed by atoms with Crippen molar-refractivity contribution >= 4 is 5.95 Å². The van der Waals surface area contributed by atoms with Crippen LogP contribution < -0.4 is 4.90 Å². The molecule has 0 radical (unpaired) electrons. The van der Waals surface area contributed by atoms with Gasteiger partial charge in [-0.1, -0.05) is 18.9 Å². The van der Waals surface area contributed by atoms with Crippen molar-refractivity contribution in [3.8, 4) is 0 Å². The number of tetrazole rings is 1. The Morgan fingerprint density at radius 2 is 1.91 bits per heavy atom. The highest BCUT2D eigenvalue weighted by molar-refractivity contribution is 5.29. The highest BCUT2D eigenvalue weighted by Gasteiger charge is 2.42. The number of aryl methyl sites for hydroxylation is 1. The second kappa shape index (κ2) is 7.13. The van der Waals surface area contributed by atoms with Crippen molar-refractivity contribution in [1.29, 1.82) is 0 Å². The van der Waals surface area contributed by atoms with Crippen molar-refractivity contribution in [3.63, 3.8) is 0 Å². The number of methoxy groups -OCH3 is 1. The van der Waals surface area contributed by atoms with Crippen LogP contribution in [-0.2, 0) is 16.0 Å². The van der Waals surface area contributed by atoms with Gasteiger partial charge in [-0.25, -0.2) is 4.68 Å². The summed E-state index contributed by atoms with van der Waals surface area (Å²) in [5, 5.41) is 12.4. The summed E-state index contributed by atoms with van der Waals surface area (Å²) < 4.78 is 13.4. The quantitative estimate of drug-likeness (QED) is 0.728. The van der Waals surface area contributed by atoms with Gasteiger partial charge in [-0.2, -0.15) is 0 Å². The third kappa shape index (κ3) is 3.83. The molecule has 0 aromatic carbocycles. The molecule has 0 bridgehead atoms. The lowest BCUT2D eigenvalue weighted by Crippen LogP contribution is -2.48. The summed E-state index contributed by atoms with van der Waals surface area (Å²) in [6, 6.07) is 0. The molecule has 0 spiro atoms. The maximum atomic E-state index is 6.07. The molecule has 2 atom stereocenters. The van der Waals surface area contributed by atoms with Crippen LogP contribution in [0.15, 0.2) is 0 Å². The number of hydrogen-bond donors (Lipinski definition) is 0. The van der Waals surface area contributed by atoms with Gasteiger partial charge in [0.15, 0.2) is 0 Å². The van der Waals surface area contributed by atoms with Crippen LogP contribution in [0, 0.1) is 5.41 Å². The molecule has 7 heteroatoms. The minimum Gasteiger partial charge on any atom is -0.384 e. The van der Waals surface area contributed by atoms with Crippen LogP contribution in [0.3, 0.4) is 0 Å². The largest absolute Gasteiger partial charge is 0.384 e. The predicted octanol–water partition coefficient (Wildman–Crippen LogP) is 1.88. The highest BCUT2D eigenvalue weighted by Crippen LogP contribution is 2.49. The van der Waals surface area contributed by atoms with E-state index < -0.39 is 0 Å². The van der Waals surface area contributed by atoms with Crippen molar-refractivity contribution in [2.24, 2.45) is 5.41 Å². The molecule has 1 aliphatic heterocycles. The average Bonchev–Trinajstić information content (AvgIpc) is 3.18. The molecule has 1 saturated heterocycles. The van der Waals surface area contributed by atoms with Gasteiger partial charge in [0, 0.05) is 26.7 Å². The Morgan fingerprint density at radius 1 is 1.22 bits per heavy atom. The topological polar surface area (TPSA) is 65.3 Å². The number of anilines is 1. The van der Waals surface area contributed by atoms with Crippen LogP contribution in [0.1, 0.15) is 46.0 Å². The Balaban J connectivity index is 1.65. The molecule has 1 aromatic rings. The Kier molecular flexibility index (Phi) is 5.16. The van der Waals surface area contributed by atoms with Crippen LogP contribution in [0.4, 0.5) is 5.95 Å². The standard InChI is InChI=1S/C16H29N5O2/c1-4-13-10-20(11-14(5-2)23-13)15-17-18-19-21(15)9-8-16(6-7-16)12-22-3/h13-14H,4-12H2,1-3H3. The van der Waals surface area contributed by atoms with Crippen LogP contribution in [-0.4, -0.2) is 59.2 Å². The van der Waals surface area contributed by atoms with E-state index in [1.165, 1.54) is 12.8 Å². The first kappa shape index (κ1) is 16.6. The van der Waals surface area contributed by atoms with E-state index in [2.05, 4.69) is 34.3 Å². The molecule has 1 saturated carbocycles. The number of hydrogen-bond acceptors (Lipinski definition) is 6. The predicted molar refractivity (Wildman–Crippen MR) is 87.4 cm³/mol. The third-order valence-electron chi connectivity index (χ3n) is 5.20. The minimum atomic E-state index is 0.266. The molecule has 1 aromatic heterocycles. The maximum Gasteiger partial charge on any atom is 0.245 e. The normalized spacial score (nSPS) is 26.5. The molecule has 2 heterocycles. The monoisotopic (exact) mass is 323 g/mol. The van der Waals surface area contributed by atoms with Gasteiger partial charge in [-0.3, -0.25) is 0 Å². The molecule has 2 unspecified atom stereocenters. The first-order chi connectivity index (χ1) is 11.2. The second-order valence-electron chi connectivity index (χ2n) is 6.99. The summed E-state index contributed by atoms with van der Waals surface area (Å²) in [4.78, 5) is 2.29. The fraction of sp³-hybridized carbons (Fsp3) is 0.938. The summed E-state index contributed by atoms with van der Waals surface area (Å²) in [5.41, 5.74) is 0.362. The number of rotatable bonds is 8. The van der Waals surface area contributed by atoms with Gasteiger partial charge in [-0.15, -0.1) is 0 Å². The van der Waals surface area contributed by atoms with E-state index in [1.807, 2.05) is 4.68 Å². The summed E-state index contributed by atoms with van der Waals surface area (Å²) in [6.45, 7) is 7.79. The maximum absolute atomic E-state index is 6.07. The smallest absolute Gasteiger partial charge is 0.245 e. The van der Waals surface area contributed by atoms with Gasteiger partial charge in [0.2, 0.25) is 5.95 Å². The Hall–Kier alpha value is -1.21. The molecule has 7 nitrogen and oxygen atoms in total. The van der Waals surface area contributed by atoms with E-state index in [0.29, 0.717) is 5.41 Å². The minimum absolute atomic E-state index is 0.266. The molecular weight excluding hydrogens is 294 g/mol. The summed E-state index contributed by atoms with van der Waals surface area (Å²) in [7, 11) is 1.78. The molecule has 3 rings (SSSR count). The molecule has 130 valence electrons. The number of morpholine rings is 1. The van der Waals surface area contributed by atoms with Crippen molar-refractivity contribution in [2.45, 2.75) is 64.7 Å². The zero-order chi connectivity index (χ0) is 16.3. The van der Waals surface area contributed by atoms with Crippen LogP contribution in [0.5, 0.6) is 0 Å². The fourth-order valence-corrected chi connectivity index (χ4v) is 3.40. The average molecular weight is 323 g/mol. The van der Waals surface area contributed by atoms with Crippen molar-refractivity contribution in [2.75, 3.05) is 31.7 Å². The Bertz CT molecular complexity index is 490. The zero-order valence-corrected chi connectivity index (χ0v) is 14.6. The lowest BCUT2D eigenvalue weighted by molar-refractivity contribution is -0.0292. The lowest BCUT2D eigenvalue weighted by atomic mass is 10.0. The first-order valence-electron chi connectivity index (χ1n) is 8.85. The molecule has 2 fully saturated rings. The number of aromatic nitrogens is 4. The number of ether oxygens (including phenoxy) is 2. The van der Waals surface area contributed by atoms with E-state index in [1.54, 1.807) is 7.11 Å². The third-order valence-corrected chi connectivity index (χ3v) is 5.20. The summed E-state index contributed by atoms with van der Waals surface area (Å²) in [5.74, 6) is 0.887. The van der Waals surface area contributed by atoms with Crippen LogP contribution >= 0.6 is 0 Å². The van der Waals surface area contributed by atoms with Gasteiger partial charge in [-0.05, 0) is 47.9 Å².